The van der Waals surface area contributed by atoms with Crippen molar-refractivity contribution in [2.24, 2.45) is 10.9 Å². The standard InChI is InChI=1S/C20H30N4O2/c1-3-8-16(11-12-25)14-22-20(21-4-2)23-15-18-13-19(26-24-18)17-9-6-5-7-10-17/h5-7,9-10,13,16,25H,3-4,8,11-12,14-15H2,1-2H3,(H2,21,22,23). The van der Waals surface area contributed by atoms with Gasteiger partial charge in [0.1, 0.15) is 5.69 Å². The second-order valence-corrected chi connectivity index (χ2v) is 6.29. The summed E-state index contributed by atoms with van der Waals surface area (Å²) < 4.78 is 5.42. The Balaban J connectivity index is 1.95. The number of hydrogen-bond acceptors (Lipinski definition) is 4. The first-order valence-electron chi connectivity index (χ1n) is 9.40. The molecular formula is C20H30N4O2. The van der Waals surface area contributed by atoms with E-state index >= 15 is 0 Å². The molecule has 1 unspecified atom stereocenters. The van der Waals surface area contributed by atoms with E-state index in [0.29, 0.717) is 12.5 Å². The lowest BCUT2D eigenvalue weighted by Gasteiger charge is -2.18. The molecule has 2 aromatic rings. The first kappa shape index (κ1) is 20.0. The summed E-state index contributed by atoms with van der Waals surface area (Å²) in [5, 5.41) is 19.9. The molecular weight excluding hydrogens is 328 g/mol. The van der Waals surface area contributed by atoms with Gasteiger partial charge in [0, 0.05) is 31.3 Å². The molecule has 26 heavy (non-hydrogen) atoms. The summed E-state index contributed by atoms with van der Waals surface area (Å²) in [6.07, 6.45) is 3.02. The highest BCUT2D eigenvalue weighted by Crippen LogP contribution is 2.19. The molecule has 6 heteroatoms. The first-order chi connectivity index (χ1) is 12.8. The van der Waals surface area contributed by atoms with E-state index in [0.717, 1.165) is 55.3 Å². The van der Waals surface area contributed by atoms with E-state index in [-0.39, 0.29) is 6.61 Å². The minimum atomic E-state index is 0.223. The van der Waals surface area contributed by atoms with E-state index in [9.17, 15) is 5.11 Å². The smallest absolute Gasteiger partial charge is 0.191 e. The highest BCUT2D eigenvalue weighted by atomic mass is 16.5. The Hall–Kier alpha value is -2.34. The normalized spacial score (nSPS) is 12.8. The summed E-state index contributed by atoms with van der Waals surface area (Å²) in [7, 11) is 0. The van der Waals surface area contributed by atoms with Gasteiger partial charge >= 0.3 is 0 Å². The Morgan fingerprint density at radius 1 is 1.19 bits per heavy atom. The fraction of sp³-hybridized carbons (Fsp3) is 0.500. The maximum atomic E-state index is 9.19. The van der Waals surface area contributed by atoms with Gasteiger partial charge in [-0.25, -0.2) is 4.99 Å². The molecule has 0 bridgehead atoms. The zero-order valence-electron chi connectivity index (χ0n) is 15.7. The lowest BCUT2D eigenvalue weighted by Crippen LogP contribution is -2.40. The number of aliphatic hydroxyl groups excluding tert-OH is 1. The van der Waals surface area contributed by atoms with Crippen LogP contribution in [0.3, 0.4) is 0 Å². The van der Waals surface area contributed by atoms with Gasteiger partial charge in [-0.05, 0) is 25.7 Å². The van der Waals surface area contributed by atoms with Crippen molar-refractivity contribution in [3.05, 3.63) is 42.1 Å². The zero-order valence-corrected chi connectivity index (χ0v) is 15.7. The monoisotopic (exact) mass is 358 g/mol. The number of rotatable bonds is 10. The highest BCUT2D eigenvalue weighted by Gasteiger charge is 2.09. The zero-order chi connectivity index (χ0) is 18.6. The van der Waals surface area contributed by atoms with Crippen LogP contribution in [0.2, 0.25) is 0 Å². The molecule has 0 aliphatic heterocycles. The summed E-state index contributed by atoms with van der Waals surface area (Å²) in [6.45, 7) is 6.47. The number of aromatic nitrogens is 1. The molecule has 2 rings (SSSR count). The average Bonchev–Trinajstić information content (AvgIpc) is 3.14. The van der Waals surface area contributed by atoms with Crippen LogP contribution in [0.1, 0.15) is 38.8 Å². The van der Waals surface area contributed by atoms with Gasteiger partial charge in [0.2, 0.25) is 0 Å². The van der Waals surface area contributed by atoms with Crippen molar-refractivity contribution in [3.8, 4) is 11.3 Å². The summed E-state index contributed by atoms with van der Waals surface area (Å²) in [5.41, 5.74) is 1.80. The molecule has 1 atom stereocenters. The van der Waals surface area contributed by atoms with E-state index in [1.165, 1.54) is 0 Å². The van der Waals surface area contributed by atoms with Crippen LogP contribution in [0.5, 0.6) is 0 Å². The van der Waals surface area contributed by atoms with Gasteiger partial charge in [0.15, 0.2) is 11.7 Å². The predicted octanol–water partition coefficient (Wildman–Crippen LogP) is 3.20. The Kier molecular flexibility index (Phi) is 8.69. The van der Waals surface area contributed by atoms with Crippen LogP contribution in [0, 0.1) is 5.92 Å². The van der Waals surface area contributed by atoms with Crippen LogP contribution < -0.4 is 10.6 Å². The summed E-state index contributed by atoms with van der Waals surface area (Å²) in [6, 6.07) is 11.8. The Morgan fingerprint density at radius 2 is 2.00 bits per heavy atom. The van der Waals surface area contributed by atoms with Gasteiger partial charge in [-0.3, -0.25) is 0 Å². The predicted molar refractivity (Wildman–Crippen MR) is 105 cm³/mol. The van der Waals surface area contributed by atoms with Crippen molar-refractivity contribution in [1.82, 2.24) is 15.8 Å². The number of nitrogens with zero attached hydrogens (tertiary/aromatic N) is 2. The molecule has 142 valence electrons. The van der Waals surface area contributed by atoms with Crippen molar-refractivity contribution >= 4 is 5.96 Å². The van der Waals surface area contributed by atoms with E-state index in [1.54, 1.807) is 0 Å². The molecule has 0 saturated carbocycles. The molecule has 1 heterocycles. The first-order valence-corrected chi connectivity index (χ1v) is 9.40. The molecule has 1 aromatic heterocycles. The average molecular weight is 358 g/mol. The van der Waals surface area contributed by atoms with Gasteiger partial charge in [0.25, 0.3) is 0 Å². The maximum Gasteiger partial charge on any atom is 0.191 e. The molecule has 6 nitrogen and oxygen atoms in total. The van der Waals surface area contributed by atoms with Crippen molar-refractivity contribution in [2.75, 3.05) is 19.7 Å². The number of nitrogens with one attached hydrogen (secondary N) is 2. The van der Waals surface area contributed by atoms with Gasteiger partial charge in [-0.2, -0.15) is 0 Å². The highest BCUT2D eigenvalue weighted by molar-refractivity contribution is 5.79. The number of aliphatic imine (C=N–C) groups is 1. The number of guanidine groups is 1. The minimum Gasteiger partial charge on any atom is -0.396 e. The Labute approximate surface area is 155 Å². The maximum absolute atomic E-state index is 9.19. The van der Waals surface area contributed by atoms with Crippen molar-refractivity contribution in [1.29, 1.82) is 0 Å². The van der Waals surface area contributed by atoms with Crippen LogP contribution >= 0.6 is 0 Å². The van der Waals surface area contributed by atoms with Crippen LogP contribution in [0.4, 0.5) is 0 Å². The SMILES string of the molecule is CCCC(CCO)CNC(=NCc1cc(-c2ccccc2)on1)NCC. The quantitative estimate of drug-likeness (QED) is 0.449. The second-order valence-electron chi connectivity index (χ2n) is 6.29. The summed E-state index contributed by atoms with van der Waals surface area (Å²) >= 11 is 0. The Morgan fingerprint density at radius 3 is 2.69 bits per heavy atom. The lowest BCUT2D eigenvalue weighted by atomic mass is 10.0. The van der Waals surface area contributed by atoms with Crippen LogP contribution in [-0.2, 0) is 6.54 Å². The molecule has 3 N–H and O–H groups in total. The minimum absolute atomic E-state index is 0.223. The van der Waals surface area contributed by atoms with Gasteiger partial charge < -0.3 is 20.3 Å². The number of aliphatic hydroxyl groups is 1. The number of hydrogen-bond donors (Lipinski definition) is 3. The van der Waals surface area contributed by atoms with Crippen LogP contribution in [-0.4, -0.2) is 35.9 Å². The fourth-order valence-corrected chi connectivity index (χ4v) is 2.81. The molecule has 1 aromatic carbocycles. The summed E-state index contributed by atoms with van der Waals surface area (Å²) in [4.78, 5) is 4.59. The van der Waals surface area contributed by atoms with Gasteiger partial charge in [-0.15, -0.1) is 0 Å². The van der Waals surface area contributed by atoms with E-state index in [4.69, 9.17) is 4.52 Å². The van der Waals surface area contributed by atoms with Crippen molar-refractivity contribution in [2.45, 2.75) is 39.7 Å². The second kappa shape index (κ2) is 11.3. The van der Waals surface area contributed by atoms with E-state index in [1.807, 2.05) is 43.3 Å². The van der Waals surface area contributed by atoms with Gasteiger partial charge in [0.05, 0.1) is 6.54 Å². The Bertz CT molecular complexity index is 649. The molecule has 0 aliphatic carbocycles. The van der Waals surface area contributed by atoms with Crippen molar-refractivity contribution < 1.29 is 9.63 Å². The van der Waals surface area contributed by atoms with E-state index in [2.05, 4.69) is 27.7 Å². The molecule has 0 saturated heterocycles. The fourth-order valence-electron chi connectivity index (χ4n) is 2.81. The van der Waals surface area contributed by atoms with Crippen LogP contribution in [0.25, 0.3) is 11.3 Å². The lowest BCUT2D eigenvalue weighted by molar-refractivity contribution is 0.251. The van der Waals surface area contributed by atoms with E-state index < -0.39 is 0 Å². The molecule has 0 radical (unpaired) electrons. The summed E-state index contributed by atoms with van der Waals surface area (Å²) in [5.74, 6) is 1.96. The largest absolute Gasteiger partial charge is 0.396 e. The third-order valence-electron chi connectivity index (χ3n) is 4.15. The molecule has 0 spiro atoms. The molecule has 0 amide bonds. The van der Waals surface area contributed by atoms with Gasteiger partial charge in [-0.1, -0.05) is 48.8 Å². The topological polar surface area (TPSA) is 82.7 Å². The number of benzene rings is 1. The third-order valence-corrected chi connectivity index (χ3v) is 4.15. The molecule has 0 aliphatic rings. The molecule has 0 fully saturated rings. The van der Waals surface area contributed by atoms with Crippen molar-refractivity contribution in [3.63, 3.8) is 0 Å². The third kappa shape index (κ3) is 6.52. The van der Waals surface area contributed by atoms with Crippen LogP contribution in [0.15, 0.2) is 45.9 Å².